The first kappa shape index (κ1) is 20.6. The van der Waals surface area contributed by atoms with Crippen LogP contribution in [0.1, 0.15) is 29.6 Å². The number of likely N-dealkylation sites (tertiary alicyclic amines) is 1. The lowest BCUT2D eigenvalue weighted by Crippen LogP contribution is -2.35. The summed E-state index contributed by atoms with van der Waals surface area (Å²) in [5.74, 6) is 0.488. The molecule has 9 nitrogen and oxygen atoms in total. The van der Waals surface area contributed by atoms with Gasteiger partial charge in [0.15, 0.2) is 11.6 Å². The minimum Gasteiger partial charge on any atom is -0.497 e. The number of hydrogen-bond donors (Lipinski definition) is 1. The van der Waals surface area contributed by atoms with Crippen LogP contribution in [0, 0.1) is 5.82 Å². The fraction of sp³-hybridized carbons (Fsp3) is 0.333. The number of aromatic nitrogens is 4. The summed E-state index contributed by atoms with van der Waals surface area (Å²) in [5.41, 5.74) is 1.00. The Morgan fingerprint density at radius 3 is 2.45 bits per heavy atom. The van der Waals surface area contributed by atoms with Crippen LogP contribution in [-0.4, -0.2) is 57.9 Å². The molecule has 1 aliphatic rings. The Balaban J connectivity index is 1.57. The Bertz CT molecular complexity index is 1060. The zero-order valence-corrected chi connectivity index (χ0v) is 17.3. The molecule has 0 aliphatic carbocycles. The lowest BCUT2D eigenvalue weighted by Gasteiger charge is -2.26. The van der Waals surface area contributed by atoms with Gasteiger partial charge in [-0.15, -0.1) is 0 Å². The zero-order valence-electron chi connectivity index (χ0n) is 17.3. The maximum Gasteiger partial charge on any atom is 0.257 e. The highest BCUT2D eigenvalue weighted by molar-refractivity contribution is 5.93. The monoisotopic (exact) mass is 426 g/mol. The van der Waals surface area contributed by atoms with Crippen LogP contribution in [0.15, 0.2) is 36.8 Å². The molecule has 0 spiro atoms. The van der Waals surface area contributed by atoms with Crippen molar-refractivity contribution in [3.63, 3.8) is 0 Å². The number of ether oxygens (including phenoxy) is 2. The van der Waals surface area contributed by atoms with Crippen molar-refractivity contribution >= 4 is 17.5 Å². The molecule has 0 radical (unpaired) electrons. The molecule has 0 unspecified atom stereocenters. The standard InChI is InChI=1S/C21H23FN6O3/c1-30-16-8-15(9-17(10-16)31-2)25-21-23-12-18(22)19(26-21)28-13-14(11-24-28)20(29)27-6-4-3-5-7-27/h8-13H,3-7H2,1-2H3,(H,23,25,26). The minimum atomic E-state index is -0.658. The van der Waals surface area contributed by atoms with E-state index in [9.17, 15) is 9.18 Å². The number of nitrogens with one attached hydrogen (secondary N) is 1. The second-order valence-corrected chi connectivity index (χ2v) is 7.12. The molecule has 0 atom stereocenters. The molecule has 3 heterocycles. The smallest absolute Gasteiger partial charge is 0.257 e. The number of piperidine rings is 1. The molecule has 4 rings (SSSR count). The first-order chi connectivity index (χ1) is 15.1. The number of carbonyl (C=O) groups excluding carboxylic acids is 1. The lowest BCUT2D eigenvalue weighted by atomic mass is 10.1. The molecule has 162 valence electrons. The average Bonchev–Trinajstić information content (AvgIpc) is 3.30. The summed E-state index contributed by atoms with van der Waals surface area (Å²) in [4.78, 5) is 22.7. The van der Waals surface area contributed by atoms with Crippen LogP contribution in [-0.2, 0) is 0 Å². The third kappa shape index (κ3) is 4.57. The van der Waals surface area contributed by atoms with Crippen LogP contribution in [0.2, 0.25) is 0 Å². The third-order valence-electron chi connectivity index (χ3n) is 5.02. The molecule has 1 N–H and O–H groups in total. The predicted octanol–water partition coefficient (Wildman–Crippen LogP) is 3.19. The highest BCUT2D eigenvalue weighted by atomic mass is 19.1. The van der Waals surface area contributed by atoms with Gasteiger partial charge in [0.2, 0.25) is 5.95 Å². The summed E-state index contributed by atoms with van der Waals surface area (Å²) in [7, 11) is 3.09. The van der Waals surface area contributed by atoms with Crippen LogP contribution < -0.4 is 14.8 Å². The average molecular weight is 426 g/mol. The summed E-state index contributed by atoms with van der Waals surface area (Å²) in [6.45, 7) is 1.45. The highest BCUT2D eigenvalue weighted by Crippen LogP contribution is 2.27. The molecule has 10 heteroatoms. The molecule has 1 aromatic carbocycles. The number of halogens is 1. The van der Waals surface area contributed by atoms with Gasteiger partial charge in [-0.25, -0.2) is 14.1 Å². The number of benzene rings is 1. The zero-order chi connectivity index (χ0) is 21.8. The largest absolute Gasteiger partial charge is 0.497 e. The summed E-state index contributed by atoms with van der Waals surface area (Å²) < 4.78 is 26.2. The van der Waals surface area contributed by atoms with Crippen LogP contribution in [0.4, 0.5) is 16.0 Å². The van der Waals surface area contributed by atoms with Gasteiger partial charge in [-0.1, -0.05) is 0 Å². The van der Waals surface area contributed by atoms with Crippen molar-refractivity contribution in [1.82, 2.24) is 24.6 Å². The fourth-order valence-electron chi connectivity index (χ4n) is 3.42. The molecular weight excluding hydrogens is 403 g/mol. The van der Waals surface area contributed by atoms with Gasteiger partial charge in [-0.2, -0.15) is 10.1 Å². The van der Waals surface area contributed by atoms with Gasteiger partial charge < -0.3 is 19.7 Å². The van der Waals surface area contributed by atoms with E-state index in [0.717, 1.165) is 38.5 Å². The number of anilines is 2. The number of carbonyl (C=O) groups is 1. The van der Waals surface area contributed by atoms with Crippen molar-refractivity contribution in [3.05, 3.63) is 48.2 Å². The number of rotatable bonds is 6. The normalized spacial score (nSPS) is 13.7. The SMILES string of the molecule is COc1cc(Nc2ncc(F)c(-n3cc(C(=O)N4CCCCC4)cn3)n2)cc(OC)c1. The molecule has 1 amide bonds. The van der Waals surface area contributed by atoms with E-state index >= 15 is 0 Å². The number of nitrogens with zero attached hydrogens (tertiary/aromatic N) is 5. The predicted molar refractivity (Wildman–Crippen MR) is 112 cm³/mol. The van der Waals surface area contributed by atoms with Gasteiger partial charge >= 0.3 is 0 Å². The van der Waals surface area contributed by atoms with Crippen molar-refractivity contribution in [3.8, 4) is 17.3 Å². The van der Waals surface area contributed by atoms with Gasteiger partial charge in [-0.3, -0.25) is 4.79 Å². The van der Waals surface area contributed by atoms with Crippen LogP contribution >= 0.6 is 0 Å². The van der Waals surface area contributed by atoms with Gasteiger partial charge in [0.05, 0.1) is 32.2 Å². The minimum absolute atomic E-state index is 0.0648. The summed E-state index contributed by atoms with van der Waals surface area (Å²) >= 11 is 0. The molecular formula is C21H23FN6O3. The Kier molecular flexibility index (Phi) is 5.96. The maximum atomic E-state index is 14.4. The second kappa shape index (κ2) is 8.99. The van der Waals surface area contributed by atoms with Gasteiger partial charge in [0, 0.05) is 43.2 Å². The van der Waals surface area contributed by atoms with Crippen molar-refractivity contribution in [2.24, 2.45) is 0 Å². The quantitative estimate of drug-likeness (QED) is 0.647. The van der Waals surface area contributed by atoms with E-state index < -0.39 is 5.82 Å². The summed E-state index contributed by atoms with van der Waals surface area (Å²) in [6.07, 6.45) is 7.08. The molecule has 1 saturated heterocycles. The third-order valence-corrected chi connectivity index (χ3v) is 5.02. The Hall–Kier alpha value is -3.69. The van der Waals surface area contributed by atoms with E-state index in [1.54, 1.807) is 37.3 Å². The lowest BCUT2D eigenvalue weighted by molar-refractivity contribution is 0.0724. The van der Waals surface area contributed by atoms with E-state index in [1.165, 1.54) is 17.1 Å². The maximum absolute atomic E-state index is 14.4. The van der Waals surface area contributed by atoms with E-state index in [2.05, 4.69) is 20.4 Å². The molecule has 31 heavy (non-hydrogen) atoms. The topological polar surface area (TPSA) is 94.4 Å². The van der Waals surface area contributed by atoms with Crippen LogP contribution in [0.25, 0.3) is 5.82 Å². The van der Waals surface area contributed by atoms with Gasteiger partial charge in [0.25, 0.3) is 5.91 Å². The Labute approximate surface area is 178 Å². The highest BCUT2D eigenvalue weighted by Gasteiger charge is 2.21. The number of amides is 1. The van der Waals surface area contributed by atoms with Crippen molar-refractivity contribution < 1.29 is 18.7 Å². The van der Waals surface area contributed by atoms with Gasteiger partial charge in [0.1, 0.15) is 11.5 Å². The van der Waals surface area contributed by atoms with Crippen LogP contribution in [0.5, 0.6) is 11.5 Å². The summed E-state index contributed by atoms with van der Waals surface area (Å²) in [6, 6.07) is 5.20. The Morgan fingerprint density at radius 1 is 1.06 bits per heavy atom. The fourth-order valence-corrected chi connectivity index (χ4v) is 3.42. The molecule has 1 aliphatic heterocycles. The molecule has 3 aromatic rings. The van der Waals surface area contributed by atoms with Crippen molar-refractivity contribution in [1.29, 1.82) is 0 Å². The molecule has 0 bridgehead atoms. The van der Waals surface area contributed by atoms with Crippen LogP contribution in [0.3, 0.4) is 0 Å². The number of hydrogen-bond acceptors (Lipinski definition) is 7. The Morgan fingerprint density at radius 2 is 1.77 bits per heavy atom. The van der Waals surface area contributed by atoms with E-state index in [0.29, 0.717) is 22.7 Å². The van der Waals surface area contributed by atoms with Gasteiger partial charge in [-0.05, 0) is 19.3 Å². The van der Waals surface area contributed by atoms with E-state index in [1.807, 2.05) is 0 Å². The van der Waals surface area contributed by atoms with Crippen molar-refractivity contribution in [2.75, 3.05) is 32.6 Å². The number of methoxy groups -OCH3 is 2. The van der Waals surface area contributed by atoms with Crippen molar-refractivity contribution in [2.45, 2.75) is 19.3 Å². The molecule has 2 aromatic heterocycles. The first-order valence-electron chi connectivity index (χ1n) is 9.94. The van der Waals surface area contributed by atoms with E-state index in [4.69, 9.17) is 9.47 Å². The summed E-state index contributed by atoms with van der Waals surface area (Å²) in [5, 5.41) is 7.14. The van der Waals surface area contributed by atoms with E-state index in [-0.39, 0.29) is 17.7 Å². The molecule has 1 fully saturated rings. The second-order valence-electron chi connectivity index (χ2n) is 7.12. The molecule has 0 saturated carbocycles. The first-order valence-corrected chi connectivity index (χ1v) is 9.94.